The van der Waals surface area contributed by atoms with Gasteiger partial charge >= 0.3 is 5.69 Å². The summed E-state index contributed by atoms with van der Waals surface area (Å²) in [6.07, 6.45) is 0. The Labute approximate surface area is 139 Å². The average molecular weight is 390 g/mol. The number of rotatable bonds is 2. The summed E-state index contributed by atoms with van der Waals surface area (Å²) in [6, 6.07) is 7.15. The van der Waals surface area contributed by atoms with Crippen LogP contribution in [0.1, 0.15) is 16.7 Å². The third-order valence-electron chi connectivity index (χ3n) is 3.51. The summed E-state index contributed by atoms with van der Waals surface area (Å²) in [6.45, 7) is 0. The second-order valence-electron chi connectivity index (χ2n) is 4.77. The highest BCUT2D eigenvalue weighted by molar-refractivity contribution is 9.10. The molecule has 0 aliphatic heterocycles. The van der Waals surface area contributed by atoms with Gasteiger partial charge in [0.2, 0.25) is 0 Å². The lowest BCUT2D eigenvalue weighted by atomic mass is 10.1. The Bertz CT molecular complexity index is 894. The van der Waals surface area contributed by atoms with E-state index in [0.29, 0.717) is 11.0 Å². The first-order chi connectivity index (χ1) is 9.90. The molecule has 1 unspecified atom stereocenters. The minimum atomic E-state index is -0.494. The fraction of sp³-hybridized carbons (Fsp3) is 0.214. The maximum atomic E-state index is 12.0. The molecule has 0 bridgehead atoms. The molecular weight excluding hydrogens is 379 g/mol. The Morgan fingerprint density at radius 1 is 1.19 bits per heavy atom. The van der Waals surface area contributed by atoms with Crippen LogP contribution in [0.2, 0.25) is 5.22 Å². The quantitative estimate of drug-likeness (QED) is 0.615. The summed E-state index contributed by atoms with van der Waals surface area (Å²) < 4.78 is 9.36. The van der Waals surface area contributed by atoms with Gasteiger partial charge in [-0.1, -0.05) is 15.9 Å². The van der Waals surface area contributed by atoms with E-state index in [1.165, 1.54) is 0 Å². The SMILES string of the molecule is Cn1c(=O)n(C)c2cc(C(Cl)c3ccc(Cl)o3)c(Br)cc21. The molecule has 0 spiro atoms. The first-order valence-electron chi connectivity index (χ1n) is 6.14. The largest absolute Gasteiger partial charge is 0.448 e. The molecule has 4 nitrogen and oxygen atoms in total. The summed E-state index contributed by atoms with van der Waals surface area (Å²) in [5.41, 5.74) is 2.38. The van der Waals surface area contributed by atoms with Crippen LogP contribution in [0.5, 0.6) is 0 Å². The van der Waals surface area contributed by atoms with Gasteiger partial charge in [0.1, 0.15) is 11.1 Å². The minimum Gasteiger partial charge on any atom is -0.448 e. The number of imidazole rings is 1. The van der Waals surface area contributed by atoms with E-state index in [0.717, 1.165) is 21.1 Å². The Morgan fingerprint density at radius 2 is 1.81 bits per heavy atom. The normalized spacial score (nSPS) is 13.0. The van der Waals surface area contributed by atoms with E-state index in [1.54, 1.807) is 35.4 Å². The van der Waals surface area contributed by atoms with Gasteiger partial charge in [-0.2, -0.15) is 0 Å². The molecular formula is C14H11BrCl2N2O2. The molecule has 110 valence electrons. The highest BCUT2D eigenvalue weighted by Crippen LogP contribution is 2.37. The Balaban J connectivity index is 2.21. The van der Waals surface area contributed by atoms with Gasteiger partial charge in [-0.15, -0.1) is 11.6 Å². The van der Waals surface area contributed by atoms with Gasteiger partial charge in [0.25, 0.3) is 0 Å². The van der Waals surface area contributed by atoms with Gasteiger partial charge < -0.3 is 4.42 Å². The maximum Gasteiger partial charge on any atom is 0.328 e. The number of hydrogen-bond acceptors (Lipinski definition) is 2. The third-order valence-corrected chi connectivity index (χ3v) is 4.85. The molecule has 2 heterocycles. The molecule has 0 aliphatic carbocycles. The van der Waals surface area contributed by atoms with Crippen LogP contribution >= 0.6 is 39.1 Å². The van der Waals surface area contributed by atoms with Crippen LogP contribution in [-0.2, 0) is 14.1 Å². The molecule has 0 amide bonds. The van der Waals surface area contributed by atoms with Gasteiger partial charge in [-0.25, -0.2) is 4.79 Å². The smallest absolute Gasteiger partial charge is 0.328 e. The lowest BCUT2D eigenvalue weighted by Gasteiger charge is -2.10. The molecule has 1 atom stereocenters. The number of hydrogen-bond donors (Lipinski definition) is 0. The van der Waals surface area contributed by atoms with Gasteiger partial charge in [-0.05, 0) is 41.4 Å². The van der Waals surface area contributed by atoms with Crippen molar-refractivity contribution < 1.29 is 4.42 Å². The monoisotopic (exact) mass is 388 g/mol. The summed E-state index contributed by atoms with van der Waals surface area (Å²) in [5.74, 6) is 0.558. The second kappa shape index (κ2) is 5.23. The van der Waals surface area contributed by atoms with Crippen molar-refractivity contribution in [3.63, 3.8) is 0 Å². The van der Waals surface area contributed by atoms with Gasteiger partial charge in [0.15, 0.2) is 5.22 Å². The van der Waals surface area contributed by atoms with Gasteiger partial charge in [0.05, 0.1) is 11.0 Å². The van der Waals surface area contributed by atoms with E-state index in [2.05, 4.69) is 15.9 Å². The van der Waals surface area contributed by atoms with Gasteiger partial charge in [-0.3, -0.25) is 9.13 Å². The molecule has 3 aromatic rings. The zero-order valence-electron chi connectivity index (χ0n) is 11.2. The van der Waals surface area contributed by atoms with E-state index < -0.39 is 5.38 Å². The summed E-state index contributed by atoms with van der Waals surface area (Å²) >= 11 is 15.8. The van der Waals surface area contributed by atoms with Crippen LogP contribution in [0, 0.1) is 0 Å². The summed E-state index contributed by atoms with van der Waals surface area (Å²) in [7, 11) is 3.47. The second-order valence-corrected chi connectivity index (χ2v) is 6.43. The Morgan fingerprint density at radius 3 is 2.38 bits per heavy atom. The molecule has 0 fully saturated rings. The highest BCUT2D eigenvalue weighted by atomic mass is 79.9. The molecule has 0 aliphatic rings. The fourth-order valence-electron chi connectivity index (χ4n) is 2.35. The van der Waals surface area contributed by atoms with E-state index in [4.69, 9.17) is 27.6 Å². The lowest BCUT2D eigenvalue weighted by molar-refractivity contribution is 0.518. The lowest BCUT2D eigenvalue weighted by Crippen LogP contribution is -2.19. The fourth-order valence-corrected chi connectivity index (χ4v) is 3.49. The first-order valence-corrected chi connectivity index (χ1v) is 7.75. The maximum absolute atomic E-state index is 12.0. The molecule has 7 heteroatoms. The number of benzene rings is 1. The zero-order chi connectivity index (χ0) is 15.3. The van der Waals surface area contributed by atoms with Crippen LogP contribution in [-0.4, -0.2) is 9.13 Å². The van der Waals surface area contributed by atoms with E-state index in [9.17, 15) is 4.79 Å². The highest BCUT2D eigenvalue weighted by Gasteiger charge is 2.20. The van der Waals surface area contributed by atoms with Crippen LogP contribution in [0.15, 0.2) is 37.9 Å². The van der Waals surface area contributed by atoms with Gasteiger partial charge in [0, 0.05) is 18.6 Å². The predicted molar refractivity (Wildman–Crippen MR) is 87.3 cm³/mol. The molecule has 0 N–H and O–H groups in total. The van der Waals surface area contributed by atoms with E-state index >= 15 is 0 Å². The standard InChI is InChI=1S/C14H11BrCl2N2O2/c1-18-9-5-7(13(17)11-3-4-12(16)21-11)8(15)6-10(9)19(2)14(18)20/h3-6,13H,1-2H3. The minimum absolute atomic E-state index is 0.0822. The molecule has 1 aromatic carbocycles. The third kappa shape index (κ3) is 2.33. The van der Waals surface area contributed by atoms with Crippen molar-refractivity contribution in [1.29, 1.82) is 0 Å². The first kappa shape index (κ1) is 14.8. The Kier molecular flexibility index (Phi) is 3.67. The predicted octanol–water partition coefficient (Wildman–Crippen LogP) is 4.21. The van der Waals surface area contributed by atoms with Crippen LogP contribution in [0.25, 0.3) is 11.0 Å². The van der Waals surface area contributed by atoms with Crippen LogP contribution in [0.4, 0.5) is 0 Å². The summed E-state index contributed by atoms with van der Waals surface area (Å²) in [5, 5.41) is -0.202. The van der Waals surface area contributed by atoms with E-state index in [-0.39, 0.29) is 5.69 Å². The number of aryl methyl sites for hydroxylation is 2. The number of aromatic nitrogens is 2. The van der Waals surface area contributed by atoms with Crippen LogP contribution < -0.4 is 5.69 Å². The number of nitrogens with zero attached hydrogens (tertiary/aromatic N) is 2. The summed E-state index contributed by atoms with van der Waals surface area (Å²) in [4.78, 5) is 12.0. The number of fused-ring (bicyclic) bond motifs is 1. The zero-order valence-corrected chi connectivity index (χ0v) is 14.3. The van der Waals surface area contributed by atoms with Crippen LogP contribution in [0.3, 0.4) is 0 Å². The van der Waals surface area contributed by atoms with Crippen molar-refractivity contribution >= 4 is 50.2 Å². The van der Waals surface area contributed by atoms with Crippen molar-refractivity contribution in [3.05, 3.63) is 55.8 Å². The molecule has 0 saturated carbocycles. The number of halogens is 3. The van der Waals surface area contributed by atoms with Crippen molar-refractivity contribution in [2.45, 2.75) is 5.38 Å². The van der Waals surface area contributed by atoms with Crippen molar-refractivity contribution in [1.82, 2.24) is 9.13 Å². The number of furan rings is 1. The molecule has 0 saturated heterocycles. The van der Waals surface area contributed by atoms with Crippen molar-refractivity contribution in [2.75, 3.05) is 0 Å². The molecule has 21 heavy (non-hydrogen) atoms. The average Bonchev–Trinajstić information content (AvgIpc) is 2.97. The molecule has 0 radical (unpaired) electrons. The topological polar surface area (TPSA) is 40.1 Å². The Hall–Kier alpha value is -1.17. The van der Waals surface area contributed by atoms with Crippen molar-refractivity contribution in [3.8, 4) is 0 Å². The number of alkyl halides is 1. The van der Waals surface area contributed by atoms with Crippen molar-refractivity contribution in [2.24, 2.45) is 14.1 Å². The molecule has 2 aromatic heterocycles. The van der Waals surface area contributed by atoms with E-state index in [1.807, 2.05) is 12.1 Å². The molecule has 3 rings (SSSR count).